The van der Waals surface area contributed by atoms with E-state index < -0.39 is 5.41 Å². The number of unbranched alkanes of at least 4 members (excludes halogenated alkanes) is 2. The minimum absolute atomic E-state index is 0.0515. The topological polar surface area (TPSA) is 46.2 Å². The minimum atomic E-state index is -0.647. The lowest BCUT2D eigenvalue weighted by Crippen LogP contribution is -2.63. The second-order valence-corrected chi connectivity index (χ2v) is 4.07. The Morgan fingerprint density at radius 2 is 1.43 bits per heavy atom. The summed E-state index contributed by atoms with van der Waals surface area (Å²) < 4.78 is 0. The van der Waals surface area contributed by atoms with Crippen LogP contribution in [0.25, 0.3) is 0 Å². The summed E-state index contributed by atoms with van der Waals surface area (Å²) in [6.07, 6.45) is 5.46. The van der Waals surface area contributed by atoms with Gasteiger partial charge in [0.1, 0.15) is 5.41 Å². The van der Waals surface area contributed by atoms with Gasteiger partial charge in [0.05, 0.1) is 0 Å². The fourth-order valence-corrected chi connectivity index (χ4v) is 1.92. The number of carbonyl (C=O) groups excluding carboxylic acids is 2. The first kappa shape index (κ1) is 11.2. The van der Waals surface area contributed by atoms with Gasteiger partial charge in [0.2, 0.25) is 11.8 Å². The Labute approximate surface area is 85.3 Å². The molecule has 1 aliphatic heterocycles. The zero-order chi connectivity index (χ0) is 10.6. The minimum Gasteiger partial charge on any atom is -0.295 e. The molecule has 3 heteroatoms. The zero-order valence-corrected chi connectivity index (χ0v) is 9.06. The van der Waals surface area contributed by atoms with Gasteiger partial charge in [-0.05, 0) is 12.8 Å². The second kappa shape index (κ2) is 4.58. The summed E-state index contributed by atoms with van der Waals surface area (Å²) in [5.41, 5.74) is -0.647. The highest BCUT2D eigenvalue weighted by molar-refractivity contribution is 6.21. The van der Waals surface area contributed by atoms with Crippen molar-refractivity contribution in [1.82, 2.24) is 5.32 Å². The van der Waals surface area contributed by atoms with Crippen LogP contribution in [0.2, 0.25) is 0 Å². The van der Waals surface area contributed by atoms with Crippen molar-refractivity contribution in [2.45, 2.75) is 52.4 Å². The van der Waals surface area contributed by atoms with Crippen molar-refractivity contribution in [3.05, 3.63) is 0 Å². The van der Waals surface area contributed by atoms with Crippen LogP contribution in [0.4, 0.5) is 0 Å². The van der Waals surface area contributed by atoms with E-state index in [1.807, 2.05) is 0 Å². The summed E-state index contributed by atoms with van der Waals surface area (Å²) in [7, 11) is 0. The van der Waals surface area contributed by atoms with Crippen molar-refractivity contribution >= 4 is 11.8 Å². The first-order valence-corrected chi connectivity index (χ1v) is 5.53. The van der Waals surface area contributed by atoms with Gasteiger partial charge in [-0.15, -0.1) is 0 Å². The van der Waals surface area contributed by atoms with E-state index in [-0.39, 0.29) is 11.8 Å². The lowest BCUT2D eigenvalue weighted by molar-refractivity contribution is -0.159. The lowest BCUT2D eigenvalue weighted by Gasteiger charge is -2.38. The molecule has 0 aromatic carbocycles. The molecule has 0 unspecified atom stereocenters. The predicted octanol–water partition coefficient (Wildman–Crippen LogP) is 2.01. The van der Waals surface area contributed by atoms with Crippen LogP contribution >= 0.6 is 0 Å². The maximum atomic E-state index is 11.4. The molecule has 1 N–H and O–H groups in total. The molecule has 80 valence electrons. The first-order chi connectivity index (χ1) is 6.67. The number of imide groups is 1. The summed E-state index contributed by atoms with van der Waals surface area (Å²) in [5.74, 6) is -0.103. The van der Waals surface area contributed by atoms with Gasteiger partial charge < -0.3 is 0 Å². The third kappa shape index (κ3) is 1.81. The van der Waals surface area contributed by atoms with E-state index in [4.69, 9.17) is 0 Å². The molecule has 3 nitrogen and oxygen atoms in total. The number of hydrogen-bond donors (Lipinski definition) is 1. The van der Waals surface area contributed by atoms with E-state index >= 15 is 0 Å². The first-order valence-electron chi connectivity index (χ1n) is 5.53. The second-order valence-electron chi connectivity index (χ2n) is 4.07. The summed E-state index contributed by atoms with van der Waals surface area (Å²) in [6, 6.07) is 0. The predicted molar refractivity (Wildman–Crippen MR) is 54.6 cm³/mol. The van der Waals surface area contributed by atoms with Gasteiger partial charge >= 0.3 is 0 Å². The average Bonchev–Trinajstić information content (AvgIpc) is 2.18. The number of carbonyl (C=O) groups is 2. The van der Waals surface area contributed by atoms with Gasteiger partial charge in [-0.1, -0.05) is 39.5 Å². The summed E-state index contributed by atoms with van der Waals surface area (Å²) in [5, 5.41) is 2.34. The van der Waals surface area contributed by atoms with Crippen molar-refractivity contribution in [1.29, 1.82) is 0 Å². The Hall–Kier alpha value is -0.860. The summed E-state index contributed by atoms with van der Waals surface area (Å²) >= 11 is 0. The van der Waals surface area contributed by atoms with Crippen molar-refractivity contribution in [3.8, 4) is 0 Å². The smallest absolute Gasteiger partial charge is 0.242 e. The molecular weight excluding hydrogens is 178 g/mol. The molecule has 1 aliphatic rings. The number of hydrogen-bond acceptors (Lipinski definition) is 2. The molecule has 2 amide bonds. The quantitative estimate of drug-likeness (QED) is 0.523. The molecule has 1 saturated heterocycles. The largest absolute Gasteiger partial charge is 0.295 e. The highest BCUT2D eigenvalue weighted by atomic mass is 16.2. The summed E-state index contributed by atoms with van der Waals surface area (Å²) in [6.45, 7) is 4.16. The van der Waals surface area contributed by atoms with E-state index in [9.17, 15) is 9.59 Å². The molecule has 0 bridgehead atoms. The maximum absolute atomic E-state index is 11.4. The van der Waals surface area contributed by atoms with Crippen LogP contribution in [0.15, 0.2) is 0 Å². The van der Waals surface area contributed by atoms with Gasteiger partial charge in [0.25, 0.3) is 0 Å². The molecule has 1 heterocycles. The van der Waals surface area contributed by atoms with Crippen molar-refractivity contribution in [2.24, 2.45) is 5.41 Å². The van der Waals surface area contributed by atoms with Crippen LogP contribution in [-0.2, 0) is 9.59 Å². The molecule has 1 fully saturated rings. The third-order valence-corrected chi connectivity index (χ3v) is 3.01. The number of amides is 2. The number of rotatable bonds is 6. The molecule has 0 spiro atoms. The molecule has 14 heavy (non-hydrogen) atoms. The van der Waals surface area contributed by atoms with Crippen LogP contribution in [0, 0.1) is 5.41 Å². The fraction of sp³-hybridized carbons (Fsp3) is 0.818. The Bertz CT molecular complexity index is 211. The molecule has 0 aromatic rings. The van der Waals surface area contributed by atoms with E-state index in [0.717, 1.165) is 38.5 Å². The van der Waals surface area contributed by atoms with Gasteiger partial charge in [-0.3, -0.25) is 14.9 Å². The van der Waals surface area contributed by atoms with Gasteiger partial charge in [-0.2, -0.15) is 0 Å². The van der Waals surface area contributed by atoms with E-state index in [1.165, 1.54) is 0 Å². The summed E-state index contributed by atoms with van der Waals surface area (Å²) in [4.78, 5) is 22.9. The SMILES string of the molecule is CCCCC1(CCCC)C(=O)NC1=O. The Balaban J connectivity index is 2.59. The normalized spacial score (nSPS) is 19.0. The molecule has 0 radical (unpaired) electrons. The number of β-lactam (4-membered cyclic amide) rings is 2. The Kier molecular flexibility index (Phi) is 3.67. The average molecular weight is 197 g/mol. The standard InChI is InChI=1S/C11H19NO2/c1-3-5-7-11(8-6-4-2)9(13)12-10(11)14/h3-8H2,1-2H3,(H,12,13,14). The molecule has 1 rings (SSSR count). The van der Waals surface area contributed by atoms with Crippen LogP contribution < -0.4 is 5.32 Å². The van der Waals surface area contributed by atoms with Gasteiger partial charge in [0.15, 0.2) is 0 Å². The monoisotopic (exact) mass is 197 g/mol. The lowest BCUT2D eigenvalue weighted by atomic mass is 9.71. The zero-order valence-electron chi connectivity index (χ0n) is 9.06. The Morgan fingerprint density at radius 3 is 1.71 bits per heavy atom. The van der Waals surface area contributed by atoms with Crippen LogP contribution in [0.1, 0.15) is 52.4 Å². The maximum Gasteiger partial charge on any atom is 0.242 e. The highest BCUT2D eigenvalue weighted by Gasteiger charge is 2.53. The van der Waals surface area contributed by atoms with Gasteiger partial charge in [0, 0.05) is 0 Å². The molecule has 0 aromatic heterocycles. The van der Waals surface area contributed by atoms with Crippen molar-refractivity contribution < 1.29 is 9.59 Å². The molecule has 0 saturated carbocycles. The van der Waals surface area contributed by atoms with Crippen LogP contribution in [0.3, 0.4) is 0 Å². The van der Waals surface area contributed by atoms with Crippen molar-refractivity contribution in [2.75, 3.05) is 0 Å². The highest BCUT2D eigenvalue weighted by Crippen LogP contribution is 2.37. The number of nitrogens with one attached hydrogen (secondary N) is 1. The third-order valence-electron chi connectivity index (χ3n) is 3.01. The van der Waals surface area contributed by atoms with E-state index in [1.54, 1.807) is 0 Å². The van der Waals surface area contributed by atoms with E-state index in [2.05, 4.69) is 19.2 Å². The van der Waals surface area contributed by atoms with E-state index in [0.29, 0.717) is 0 Å². The van der Waals surface area contributed by atoms with Crippen molar-refractivity contribution in [3.63, 3.8) is 0 Å². The van der Waals surface area contributed by atoms with Gasteiger partial charge in [-0.25, -0.2) is 0 Å². The molecular formula is C11H19NO2. The Morgan fingerprint density at radius 1 is 1.00 bits per heavy atom. The molecule has 0 atom stereocenters. The fourth-order valence-electron chi connectivity index (χ4n) is 1.92. The van der Waals surface area contributed by atoms with Crippen LogP contribution in [0.5, 0.6) is 0 Å². The molecule has 0 aliphatic carbocycles. The van der Waals surface area contributed by atoms with Crippen LogP contribution in [-0.4, -0.2) is 11.8 Å².